The summed E-state index contributed by atoms with van der Waals surface area (Å²) in [5, 5.41) is 2.31. The molecular weight excluding hydrogens is 390 g/mol. The number of benzene rings is 2. The van der Waals surface area contributed by atoms with E-state index in [1.807, 2.05) is 17.8 Å². The number of hydrogen-bond acceptors (Lipinski definition) is 2. The number of anilines is 1. The lowest BCUT2D eigenvalue weighted by molar-refractivity contribution is 0.685. The molecule has 0 unspecified atom stereocenters. The highest BCUT2D eigenvalue weighted by molar-refractivity contribution is 9.10. The number of allylic oxidation sites excluding steroid dienone is 1. The molecule has 2 N–H and O–H groups in total. The second kappa shape index (κ2) is 8.46. The van der Waals surface area contributed by atoms with Gasteiger partial charge in [-0.25, -0.2) is 0 Å². The average Bonchev–Trinajstić information content (AvgIpc) is 2.62. The van der Waals surface area contributed by atoms with Gasteiger partial charge in [0.2, 0.25) is 0 Å². The number of thioether (sulfide) groups is 1. The Morgan fingerprint density at radius 1 is 1.16 bits per heavy atom. The minimum absolute atomic E-state index is 0.853. The van der Waals surface area contributed by atoms with E-state index in [1.54, 1.807) is 11.1 Å². The number of halogens is 1. The van der Waals surface area contributed by atoms with Crippen LogP contribution in [0.3, 0.4) is 0 Å². The second-order valence-corrected chi connectivity index (χ2v) is 8.74. The zero-order chi connectivity index (χ0) is 17.8. The third-order valence-corrected chi connectivity index (χ3v) is 6.69. The van der Waals surface area contributed by atoms with Crippen molar-refractivity contribution in [3.63, 3.8) is 0 Å². The number of nitrogen functional groups attached to an aromatic ring is 1. The van der Waals surface area contributed by atoms with E-state index in [0.29, 0.717) is 0 Å². The van der Waals surface area contributed by atoms with E-state index >= 15 is 0 Å². The highest BCUT2D eigenvalue weighted by Crippen LogP contribution is 2.28. The van der Waals surface area contributed by atoms with Gasteiger partial charge in [-0.3, -0.25) is 0 Å². The van der Waals surface area contributed by atoms with Crippen molar-refractivity contribution in [2.24, 2.45) is 0 Å². The fraction of sp³-hybridized carbons (Fsp3) is 0.364. The van der Waals surface area contributed by atoms with Gasteiger partial charge < -0.3 is 5.73 Å². The maximum Gasteiger partial charge on any atom is 0.0355 e. The lowest BCUT2D eigenvalue weighted by Gasteiger charge is -2.16. The summed E-state index contributed by atoms with van der Waals surface area (Å²) in [5.41, 5.74) is 15.1. The van der Waals surface area contributed by atoms with Crippen LogP contribution in [-0.2, 0) is 19.3 Å². The molecule has 25 heavy (non-hydrogen) atoms. The van der Waals surface area contributed by atoms with E-state index in [2.05, 4.69) is 59.5 Å². The molecule has 1 nitrogen and oxygen atoms in total. The van der Waals surface area contributed by atoms with Crippen LogP contribution in [0, 0.1) is 6.92 Å². The minimum atomic E-state index is 0.853. The molecule has 0 amide bonds. The molecule has 3 heteroatoms. The minimum Gasteiger partial charge on any atom is -0.398 e. The first-order chi connectivity index (χ1) is 12.0. The van der Waals surface area contributed by atoms with Crippen molar-refractivity contribution in [3.05, 3.63) is 68.0 Å². The summed E-state index contributed by atoms with van der Waals surface area (Å²) in [7, 11) is 0. The lowest BCUT2D eigenvalue weighted by Crippen LogP contribution is -2.02. The number of nitrogens with two attached hydrogens (primary N) is 1. The summed E-state index contributed by atoms with van der Waals surface area (Å²) in [6.07, 6.45) is 6.22. The van der Waals surface area contributed by atoms with Crippen LogP contribution >= 0.6 is 27.7 Å². The standard InChI is InChI=1S/C22H26BrNS/c1-15-11-20(21(23)13-22(15)24)9-10-25-14-16(2)18-8-7-17-5-3-4-6-19(17)12-18/h7-8,11-14H,3-6,9-10,24H2,1-2H3/b16-14+. The lowest BCUT2D eigenvalue weighted by atomic mass is 9.89. The van der Waals surface area contributed by atoms with Crippen molar-refractivity contribution in [3.8, 4) is 0 Å². The Hall–Kier alpha value is -1.19. The third-order valence-electron chi connectivity index (χ3n) is 4.99. The van der Waals surface area contributed by atoms with Gasteiger partial charge in [0.05, 0.1) is 0 Å². The van der Waals surface area contributed by atoms with Crippen molar-refractivity contribution in [1.29, 1.82) is 0 Å². The molecule has 2 aromatic rings. The summed E-state index contributed by atoms with van der Waals surface area (Å²) in [5.74, 6) is 1.07. The highest BCUT2D eigenvalue weighted by Gasteiger charge is 2.10. The molecule has 0 heterocycles. The second-order valence-electron chi connectivity index (χ2n) is 6.91. The monoisotopic (exact) mass is 415 g/mol. The Labute approximate surface area is 164 Å². The molecule has 0 radical (unpaired) electrons. The molecule has 0 bridgehead atoms. The molecule has 0 atom stereocenters. The Kier molecular flexibility index (Phi) is 6.29. The van der Waals surface area contributed by atoms with E-state index in [-0.39, 0.29) is 0 Å². The van der Waals surface area contributed by atoms with E-state index in [4.69, 9.17) is 5.73 Å². The largest absolute Gasteiger partial charge is 0.398 e. The molecule has 2 aromatic carbocycles. The highest BCUT2D eigenvalue weighted by atomic mass is 79.9. The zero-order valence-corrected chi connectivity index (χ0v) is 17.5. The molecule has 132 valence electrons. The first kappa shape index (κ1) is 18.6. The predicted molar refractivity (Wildman–Crippen MR) is 116 cm³/mol. The van der Waals surface area contributed by atoms with Crippen molar-refractivity contribution >= 4 is 39.0 Å². The smallest absolute Gasteiger partial charge is 0.0355 e. The number of hydrogen-bond donors (Lipinski definition) is 1. The van der Waals surface area contributed by atoms with Gasteiger partial charge in [-0.05, 0) is 90.8 Å². The third kappa shape index (κ3) is 4.71. The molecule has 0 saturated heterocycles. The molecule has 0 aromatic heterocycles. The van der Waals surface area contributed by atoms with Crippen molar-refractivity contribution in [2.75, 3.05) is 11.5 Å². The average molecular weight is 416 g/mol. The van der Waals surface area contributed by atoms with Crippen LogP contribution in [0.1, 0.15) is 47.6 Å². The Morgan fingerprint density at radius 2 is 1.92 bits per heavy atom. The van der Waals surface area contributed by atoms with Crippen LogP contribution in [0.2, 0.25) is 0 Å². The van der Waals surface area contributed by atoms with E-state index in [9.17, 15) is 0 Å². The van der Waals surface area contributed by atoms with Gasteiger partial charge in [-0.15, -0.1) is 11.8 Å². The van der Waals surface area contributed by atoms with Crippen LogP contribution in [0.25, 0.3) is 5.57 Å². The first-order valence-electron chi connectivity index (χ1n) is 8.99. The SMILES string of the molecule is C/C(=C\SCCc1cc(C)c(N)cc1Br)c1ccc2c(c1)CCCC2. The Bertz CT molecular complexity index is 795. The number of rotatable bonds is 5. The molecule has 1 aliphatic carbocycles. The maximum atomic E-state index is 5.95. The molecule has 0 spiro atoms. The fourth-order valence-corrected chi connectivity index (χ4v) is 4.75. The molecular formula is C22H26BrNS. The normalized spacial score (nSPS) is 14.4. The fourth-order valence-electron chi connectivity index (χ4n) is 3.35. The molecule has 0 aliphatic heterocycles. The van der Waals surface area contributed by atoms with Gasteiger partial charge in [0.1, 0.15) is 0 Å². The van der Waals surface area contributed by atoms with Gasteiger partial charge in [-0.2, -0.15) is 0 Å². The zero-order valence-electron chi connectivity index (χ0n) is 15.1. The Morgan fingerprint density at radius 3 is 2.72 bits per heavy atom. The van der Waals surface area contributed by atoms with Crippen molar-refractivity contribution in [1.82, 2.24) is 0 Å². The summed E-state index contributed by atoms with van der Waals surface area (Å²) < 4.78 is 1.12. The summed E-state index contributed by atoms with van der Waals surface area (Å²) in [6.45, 7) is 4.29. The van der Waals surface area contributed by atoms with Crippen LogP contribution in [0.5, 0.6) is 0 Å². The Balaban J connectivity index is 1.60. The maximum absolute atomic E-state index is 5.95. The summed E-state index contributed by atoms with van der Waals surface area (Å²) >= 11 is 5.52. The number of aryl methyl sites for hydroxylation is 4. The van der Waals surface area contributed by atoms with E-state index in [0.717, 1.165) is 27.9 Å². The van der Waals surface area contributed by atoms with Gasteiger partial charge in [-0.1, -0.05) is 40.2 Å². The van der Waals surface area contributed by atoms with Crippen molar-refractivity contribution in [2.45, 2.75) is 46.0 Å². The molecule has 1 aliphatic rings. The summed E-state index contributed by atoms with van der Waals surface area (Å²) in [4.78, 5) is 0. The molecule has 0 saturated carbocycles. The quantitative estimate of drug-likeness (QED) is 0.442. The van der Waals surface area contributed by atoms with Gasteiger partial charge >= 0.3 is 0 Å². The first-order valence-corrected chi connectivity index (χ1v) is 10.8. The van der Waals surface area contributed by atoms with Crippen molar-refractivity contribution < 1.29 is 0 Å². The molecule has 3 rings (SSSR count). The predicted octanol–water partition coefficient (Wildman–Crippen LogP) is 6.56. The molecule has 0 fully saturated rings. The van der Waals surface area contributed by atoms with E-state index in [1.165, 1.54) is 42.4 Å². The van der Waals surface area contributed by atoms with Crippen LogP contribution in [-0.4, -0.2) is 5.75 Å². The topological polar surface area (TPSA) is 26.0 Å². The summed E-state index contributed by atoms with van der Waals surface area (Å²) in [6, 6.07) is 11.2. The van der Waals surface area contributed by atoms with E-state index < -0.39 is 0 Å². The van der Waals surface area contributed by atoms with Gasteiger partial charge in [0.15, 0.2) is 0 Å². The van der Waals surface area contributed by atoms with Gasteiger partial charge in [0, 0.05) is 15.9 Å². The van der Waals surface area contributed by atoms with Crippen LogP contribution in [0.15, 0.2) is 40.2 Å². The van der Waals surface area contributed by atoms with Gasteiger partial charge in [0.25, 0.3) is 0 Å². The number of fused-ring (bicyclic) bond motifs is 1. The van der Waals surface area contributed by atoms with Crippen LogP contribution < -0.4 is 5.73 Å². The van der Waals surface area contributed by atoms with Crippen LogP contribution in [0.4, 0.5) is 5.69 Å².